The summed E-state index contributed by atoms with van der Waals surface area (Å²) in [7, 11) is 0. The summed E-state index contributed by atoms with van der Waals surface area (Å²) in [6.45, 7) is 4.00. The molecule has 6 N–H and O–H groups in total. The van der Waals surface area contributed by atoms with Crippen molar-refractivity contribution in [2.75, 3.05) is 32.7 Å². The number of aromatic hydroxyl groups is 1. The first-order chi connectivity index (χ1) is 27.2. The highest BCUT2D eigenvalue weighted by atomic mass is 16.6. The minimum absolute atomic E-state index is 0.0632. The van der Waals surface area contributed by atoms with Crippen molar-refractivity contribution in [1.29, 1.82) is 0 Å². The maximum atomic E-state index is 13.3. The van der Waals surface area contributed by atoms with E-state index >= 15 is 0 Å². The molecule has 12 heteroatoms. The lowest BCUT2D eigenvalue weighted by Crippen LogP contribution is -2.52. The van der Waals surface area contributed by atoms with E-state index in [9.17, 15) is 29.7 Å². The number of pyridine rings is 1. The Balaban J connectivity index is 0.937. The number of nitrogens with one attached hydrogen (secondary N) is 3. The normalized spacial score (nSPS) is 18.6. The van der Waals surface area contributed by atoms with Crippen molar-refractivity contribution in [2.24, 2.45) is 5.92 Å². The van der Waals surface area contributed by atoms with Gasteiger partial charge in [0.2, 0.25) is 5.56 Å². The van der Waals surface area contributed by atoms with E-state index in [1.165, 1.54) is 12.1 Å². The Bertz CT molecular complexity index is 2200. The van der Waals surface area contributed by atoms with Crippen LogP contribution in [0.2, 0.25) is 0 Å². The fourth-order valence-corrected chi connectivity index (χ4v) is 7.90. The van der Waals surface area contributed by atoms with Crippen molar-refractivity contribution in [2.45, 2.75) is 57.0 Å². The highest BCUT2D eigenvalue weighted by molar-refractivity contribution is 5.89. The number of carbonyl (C=O) groups excluding carboxylic acids is 1. The Kier molecular flexibility index (Phi) is 12.3. The fourth-order valence-electron chi connectivity index (χ4n) is 7.90. The number of hydrogen-bond acceptors (Lipinski definition) is 9. The number of aliphatic hydroxyl groups excluding tert-OH is 1. The number of rotatable bonds is 16. The predicted molar refractivity (Wildman–Crippen MR) is 212 cm³/mol. The lowest BCUT2D eigenvalue weighted by molar-refractivity contribution is -0.0336. The minimum atomic E-state index is -0.990. The van der Waals surface area contributed by atoms with E-state index in [0.717, 1.165) is 62.0 Å². The number of nitrogens with zero attached hydrogens (tertiary/aromatic N) is 1. The molecule has 0 aliphatic carbocycles. The molecule has 292 valence electrons. The molecule has 4 aromatic carbocycles. The number of carboxylic acids is 1. The number of carbonyl (C=O) groups is 2. The van der Waals surface area contributed by atoms with Gasteiger partial charge in [-0.1, -0.05) is 60.7 Å². The van der Waals surface area contributed by atoms with E-state index in [1.54, 1.807) is 24.3 Å². The van der Waals surface area contributed by atoms with E-state index in [1.807, 2.05) is 60.7 Å². The molecule has 3 aliphatic rings. The molecule has 4 heterocycles. The molecule has 0 spiro atoms. The molecule has 56 heavy (non-hydrogen) atoms. The van der Waals surface area contributed by atoms with Gasteiger partial charge in [0.05, 0.1) is 23.2 Å². The van der Waals surface area contributed by atoms with Gasteiger partial charge in [-0.15, -0.1) is 0 Å². The van der Waals surface area contributed by atoms with Gasteiger partial charge < -0.3 is 40.4 Å². The Hall–Kier alpha value is -5.69. The number of benzene rings is 4. The van der Waals surface area contributed by atoms with Gasteiger partial charge in [0.15, 0.2) is 0 Å². The fraction of sp³-hybridized carbons (Fsp3) is 0.341. The Morgan fingerprint density at radius 1 is 0.911 bits per heavy atom. The van der Waals surface area contributed by atoms with Gasteiger partial charge in [-0.25, -0.2) is 9.59 Å². The van der Waals surface area contributed by atoms with Crippen molar-refractivity contribution in [1.82, 2.24) is 20.5 Å². The molecule has 1 amide bonds. The van der Waals surface area contributed by atoms with Gasteiger partial charge in [0.1, 0.15) is 24.2 Å². The Labute approximate surface area is 325 Å². The Morgan fingerprint density at radius 2 is 1.71 bits per heavy atom. The number of aromatic carboxylic acids is 1. The third-order valence-corrected chi connectivity index (χ3v) is 10.9. The summed E-state index contributed by atoms with van der Waals surface area (Å²) in [5, 5.41) is 37.8. The van der Waals surface area contributed by atoms with E-state index < -0.39 is 24.2 Å². The molecule has 3 unspecified atom stereocenters. The zero-order valence-electron chi connectivity index (χ0n) is 31.2. The van der Waals surface area contributed by atoms with Crippen molar-refractivity contribution < 1.29 is 34.4 Å². The van der Waals surface area contributed by atoms with Crippen molar-refractivity contribution in [3.63, 3.8) is 0 Å². The number of phenolic OH excluding ortho intramolecular Hbond substituents is 1. The quantitative estimate of drug-likeness (QED) is 0.0649. The summed E-state index contributed by atoms with van der Waals surface area (Å²) < 4.78 is 12.2. The molecule has 8 rings (SSSR count). The van der Waals surface area contributed by atoms with Crippen molar-refractivity contribution in [3.8, 4) is 11.5 Å². The second kappa shape index (κ2) is 17.8. The molecule has 0 radical (unpaired) electrons. The number of fused-ring (bicyclic) bond motifs is 4. The average molecular weight is 761 g/mol. The number of aromatic nitrogens is 1. The van der Waals surface area contributed by atoms with Crippen molar-refractivity contribution >= 4 is 23.0 Å². The number of aliphatic hydroxyl groups is 1. The first-order valence-electron chi connectivity index (χ1n) is 19.3. The standard InChI is InChI=1S/C44H48N4O8/c49-37-16-14-35(36-15-17-40(51)46-42(36)37)38(50)25-45-20-5-4-9-31-23-28(12-13-34(31)43(52)53)27-55-33-11-6-10-32(24-33)41(30-7-2-1-3-8-30)47-44(54)56-39-26-48-21-18-29(39)19-22-48/h1-3,6-8,10-17,23-24,29,38-39,41,45,49-50H,4-5,9,18-22,25-27H2,(H,46,51)(H,47,54)(H,52,53). The van der Waals surface area contributed by atoms with Crippen LogP contribution in [0.5, 0.6) is 11.5 Å². The number of amides is 1. The summed E-state index contributed by atoms with van der Waals surface area (Å²) >= 11 is 0. The second-order valence-corrected chi connectivity index (χ2v) is 14.7. The van der Waals surface area contributed by atoms with Crippen LogP contribution in [0.4, 0.5) is 4.79 Å². The molecule has 3 saturated heterocycles. The lowest BCUT2D eigenvalue weighted by atomic mass is 9.86. The van der Waals surface area contributed by atoms with Gasteiger partial charge in [-0.2, -0.15) is 0 Å². The maximum Gasteiger partial charge on any atom is 0.408 e. The zero-order chi connectivity index (χ0) is 39.0. The molecule has 1 aromatic heterocycles. The van der Waals surface area contributed by atoms with Crippen LogP contribution in [0.1, 0.15) is 76.0 Å². The highest BCUT2D eigenvalue weighted by Crippen LogP contribution is 2.32. The number of ether oxygens (including phenoxy) is 2. The maximum absolute atomic E-state index is 13.3. The summed E-state index contributed by atoms with van der Waals surface area (Å²) in [6, 6.07) is 28.2. The van der Waals surface area contributed by atoms with E-state index in [4.69, 9.17) is 9.47 Å². The number of unbranched alkanes of at least 4 members (excludes halogenated alkanes) is 1. The van der Waals surface area contributed by atoms with Crippen LogP contribution >= 0.6 is 0 Å². The first-order valence-corrected chi connectivity index (χ1v) is 19.3. The number of aromatic amines is 1. The highest BCUT2D eigenvalue weighted by Gasteiger charge is 2.37. The number of alkyl carbamates (subject to hydrolysis) is 1. The van der Waals surface area contributed by atoms with Gasteiger partial charge in [0, 0.05) is 24.5 Å². The lowest BCUT2D eigenvalue weighted by Gasteiger charge is -2.43. The van der Waals surface area contributed by atoms with E-state index in [0.29, 0.717) is 41.1 Å². The minimum Gasteiger partial charge on any atom is -0.506 e. The molecule has 5 aromatic rings. The van der Waals surface area contributed by atoms with Crippen LogP contribution < -0.4 is 20.9 Å². The Morgan fingerprint density at radius 3 is 2.48 bits per heavy atom. The van der Waals surface area contributed by atoms with Crippen LogP contribution in [0.3, 0.4) is 0 Å². The van der Waals surface area contributed by atoms with E-state index in [-0.39, 0.29) is 41.6 Å². The van der Waals surface area contributed by atoms with E-state index in [2.05, 4.69) is 20.5 Å². The topological polar surface area (TPSA) is 173 Å². The molecular weight excluding hydrogens is 713 g/mol. The van der Waals surface area contributed by atoms with Crippen LogP contribution in [0.15, 0.2) is 102 Å². The zero-order valence-corrected chi connectivity index (χ0v) is 31.2. The first kappa shape index (κ1) is 38.6. The summed E-state index contributed by atoms with van der Waals surface area (Å²) in [5.41, 5.74) is 4.09. The second-order valence-electron chi connectivity index (χ2n) is 14.7. The SMILES string of the molecule is O=C(NC(c1ccccc1)c1cccc(OCc2ccc(C(=O)O)c(CCCCNCC(O)c3ccc(O)c4[nH]c(=O)ccc34)c2)c1)OC1CN2CCC1CC2. The molecule has 12 nitrogen and oxygen atoms in total. The average Bonchev–Trinajstić information content (AvgIpc) is 3.21. The van der Waals surface area contributed by atoms with Gasteiger partial charge in [-0.3, -0.25) is 9.69 Å². The van der Waals surface area contributed by atoms with Crippen LogP contribution in [-0.4, -0.2) is 76.1 Å². The molecule has 3 aliphatic heterocycles. The summed E-state index contributed by atoms with van der Waals surface area (Å²) in [6.07, 6.45) is 2.71. The number of piperidine rings is 3. The van der Waals surface area contributed by atoms with Crippen molar-refractivity contribution in [3.05, 3.63) is 141 Å². The van der Waals surface area contributed by atoms with Gasteiger partial charge in [-0.05, 0) is 116 Å². The molecule has 3 fully saturated rings. The van der Waals surface area contributed by atoms with Crippen LogP contribution in [0.25, 0.3) is 10.9 Å². The number of H-pyrrole nitrogens is 1. The number of phenols is 1. The molecule has 0 saturated carbocycles. The molecule has 2 bridgehead atoms. The number of hydrogen-bond donors (Lipinski definition) is 6. The van der Waals surface area contributed by atoms with Crippen LogP contribution in [-0.2, 0) is 17.8 Å². The monoisotopic (exact) mass is 760 g/mol. The summed E-state index contributed by atoms with van der Waals surface area (Å²) in [4.78, 5) is 42.0. The summed E-state index contributed by atoms with van der Waals surface area (Å²) in [5.74, 6) is -0.0372. The smallest absolute Gasteiger partial charge is 0.408 e. The number of aryl methyl sites for hydroxylation is 1. The van der Waals surface area contributed by atoms with Gasteiger partial charge in [0.25, 0.3) is 0 Å². The third-order valence-electron chi connectivity index (χ3n) is 10.9. The largest absolute Gasteiger partial charge is 0.506 e. The number of carboxylic acid groups (broad SMARTS) is 1. The molecule has 3 atom stereocenters. The predicted octanol–water partition coefficient (Wildman–Crippen LogP) is 6.07. The third kappa shape index (κ3) is 9.39. The van der Waals surface area contributed by atoms with Gasteiger partial charge >= 0.3 is 12.1 Å². The van der Waals surface area contributed by atoms with Crippen LogP contribution in [0, 0.1) is 5.92 Å². The molecular formula is C44H48N4O8.